The number of ether oxygens (including phenoxy) is 1. The van der Waals surface area contributed by atoms with E-state index in [1.54, 1.807) is 12.1 Å². The monoisotopic (exact) mass is 373 g/mol. The number of hydrogen-bond donors (Lipinski definition) is 1. The second-order valence-electron chi connectivity index (χ2n) is 5.52. The van der Waals surface area contributed by atoms with Gasteiger partial charge in [-0.25, -0.2) is 4.98 Å². The second kappa shape index (κ2) is 7.86. The number of aromatic nitrogens is 2. The van der Waals surface area contributed by atoms with Crippen molar-refractivity contribution < 1.29 is 22.7 Å². The van der Waals surface area contributed by atoms with Crippen LogP contribution in [0.3, 0.4) is 0 Å². The smallest absolute Gasteiger partial charge is 0.424 e. The molecule has 2 aromatic carbocycles. The molecular weight excluding hydrogens is 359 g/mol. The molecule has 0 unspecified atom stereocenters. The van der Waals surface area contributed by atoms with Gasteiger partial charge in [0.15, 0.2) is 5.69 Å². The lowest BCUT2D eigenvalue weighted by atomic mass is 10.2. The van der Waals surface area contributed by atoms with Gasteiger partial charge in [-0.15, -0.1) is 0 Å². The molecule has 0 aliphatic heterocycles. The van der Waals surface area contributed by atoms with Crippen molar-refractivity contribution >= 4 is 5.91 Å². The van der Waals surface area contributed by atoms with E-state index in [2.05, 4.69) is 15.3 Å². The largest absolute Gasteiger partial charge is 0.433 e. The third-order valence-electron chi connectivity index (χ3n) is 3.53. The van der Waals surface area contributed by atoms with Crippen LogP contribution in [0.25, 0.3) is 0 Å². The highest BCUT2D eigenvalue weighted by molar-refractivity contribution is 5.94. The number of nitrogens with zero attached hydrogens (tertiary/aromatic N) is 2. The first-order valence-electron chi connectivity index (χ1n) is 7.92. The summed E-state index contributed by atoms with van der Waals surface area (Å²) in [5.74, 6) is -0.184. The maximum atomic E-state index is 12.7. The summed E-state index contributed by atoms with van der Waals surface area (Å²) in [5.41, 5.74) is 0.135. The fraction of sp³-hybridized carbons (Fsp3) is 0.105. The SMILES string of the molecule is O=C(NCc1ccccc1)c1cccc(Oc2nccc(C(F)(F)F)n2)c1. The van der Waals surface area contributed by atoms with Crippen molar-refractivity contribution in [3.63, 3.8) is 0 Å². The Morgan fingerprint density at radius 3 is 2.56 bits per heavy atom. The highest BCUT2D eigenvalue weighted by atomic mass is 19.4. The van der Waals surface area contributed by atoms with Crippen molar-refractivity contribution in [2.75, 3.05) is 0 Å². The number of alkyl halides is 3. The maximum absolute atomic E-state index is 12.7. The summed E-state index contributed by atoms with van der Waals surface area (Å²) < 4.78 is 43.4. The molecular formula is C19H14F3N3O2. The highest BCUT2D eigenvalue weighted by Crippen LogP contribution is 2.29. The van der Waals surface area contributed by atoms with E-state index in [9.17, 15) is 18.0 Å². The lowest BCUT2D eigenvalue weighted by Crippen LogP contribution is -2.22. The van der Waals surface area contributed by atoms with Crippen molar-refractivity contribution in [3.8, 4) is 11.8 Å². The zero-order chi connectivity index (χ0) is 19.3. The standard InChI is InChI=1S/C19H14F3N3O2/c20-19(21,22)16-9-10-23-18(25-16)27-15-8-4-7-14(11-15)17(26)24-12-13-5-2-1-3-6-13/h1-11H,12H2,(H,24,26). The molecule has 3 rings (SSSR count). The van der Waals surface area contributed by atoms with Crippen LogP contribution in [0.2, 0.25) is 0 Å². The molecule has 1 amide bonds. The number of carbonyl (C=O) groups is 1. The van der Waals surface area contributed by atoms with Gasteiger partial charge in [0.25, 0.3) is 5.91 Å². The molecule has 8 heteroatoms. The Morgan fingerprint density at radius 2 is 1.81 bits per heavy atom. The number of halogens is 3. The van der Waals surface area contributed by atoms with Crippen LogP contribution in [0, 0.1) is 0 Å². The lowest BCUT2D eigenvalue weighted by molar-refractivity contribution is -0.141. The molecule has 1 heterocycles. The zero-order valence-corrected chi connectivity index (χ0v) is 13.9. The molecule has 5 nitrogen and oxygen atoms in total. The summed E-state index contributed by atoms with van der Waals surface area (Å²) in [4.78, 5) is 19.3. The summed E-state index contributed by atoms with van der Waals surface area (Å²) in [6, 6.07) is 15.7. The van der Waals surface area contributed by atoms with Crippen LogP contribution in [0.1, 0.15) is 21.6 Å². The lowest BCUT2D eigenvalue weighted by Gasteiger charge is -2.09. The van der Waals surface area contributed by atoms with Gasteiger partial charge in [-0.2, -0.15) is 18.2 Å². The fourth-order valence-corrected chi connectivity index (χ4v) is 2.23. The Bertz CT molecular complexity index is 931. The van der Waals surface area contributed by atoms with Gasteiger partial charge in [-0.05, 0) is 29.8 Å². The molecule has 0 fully saturated rings. The molecule has 0 aliphatic rings. The zero-order valence-electron chi connectivity index (χ0n) is 13.9. The normalized spacial score (nSPS) is 11.1. The predicted octanol–water partition coefficient (Wildman–Crippen LogP) is 4.22. The van der Waals surface area contributed by atoms with Crippen LogP contribution >= 0.6 is 0 Å². The van der Waals surface area contributed by atoms with E-state index in [1.165, 1.54) is 12.1 Å². The summed E-state index contributed by atoms with van der Waals surface area (Å²) in [6.45, 7) is 0.349. The molecule has 0 radical (unpaired) electrons. The summed E-state index contributed by atoms with van der Waals surface area (Å²) in [7, 11) is 0. The van der Waals surface area contributed by atoms with Crippen molar-refractivity contribution in [1.82, 2.24) is 15.3 Å². The van der Waals surface area contributed by atoms with Gasteiger partial charge < -0.3 is 10.1 Å². The second-order valence-corrected chi connectivity index (χ2v) is 5.52. The number of amides is 1. The summed E-state index contributed by atoms with van der Waals surface area (Å²) in [5, 5.41) is 2.76. The quantitative estimate of drug-likeness (QED) is 0.727. The van der Waals surface area contributed by atoms with E-state index < -0.39 is 17.9 Å². The number of carbonyl (C=O) groups excluding carboxylic acids is 1. The molecule has 0 atom stereocenters. The van der Waals surface area contributed by atoms with Crippen LogP contribution in [-0.4, -0.2) is 15.9 Å². The molecule has 0 aliphatic carbocycles. The van der Waals surface area contributed by atoms with Gasteiger partial charge in [-0.3, -0.25) is 4.79 Å². The van der Waals surface area contributed by atoms with E-state index in [-0.39, 0.29) is 11.7 Å². The molecule has 0 saturated carbocycles. The van der Waals surface area contributed by atoms with E-state index in [4.69, 9.17) is 4.74 Å². The Morgan fingerprint density at radius 1 is 1.04 bits per heavy atom. The van der Waals surface area contributed by atoms with Crippen molar-refractivity contribution in [2.24, 2.45) is 0 Å². The van der Waals surface area contributed by atoms with Crippen molar-refractivity contribution in [3.05, 3.63) is 83.7 Å². The molecule has 0 saturated heterocycles. The molecule has 1 N–H and O–H groups in total. The van der Waals surface area contributed by atoms with Gasteiger partial charge in [0.2, 0.25) is 0 Å². The average molecular weight is 373 g/mol. The Balaban J connectivity index is 1.69. The summed E-state index contributed by atoms with van der Waals surface area (Å²) in [6.07, 6.45) is -3.64. The number of hydrogen-bond acceptors (Lipinski definition) is 4. The van der Waals surface area contributed by atoms with Gasteiger partial charge >= 0.3 is 12.2 Å². The van der Waals surface area contributed by atoms with E-state index >= 15 is 0 Å². The van der Waals surface area contributed by atoms with Crippen LogP contribution in [-0.2, 0) is 12.7 Å². The minimum absolute atomic E-state index is 0.154. The number of benzene rings is 2. The predicted molar refractivity (Wildman–Crippen MR) is 91.2 cm³/mol. The fourth-order valence-electron chi connectivity index (χ4n) is 2.23. The first kappa shape index (κ1) is 18.4. The third kappa shape index (κ3) is 5.04. The van der Waals surface area contributed by atoms with E-state index in [0.717, 1.165) is 17.8 Å². The molecule has 27 heavy (non-hydrogen) atoms. The van der Waals surface area contributed by atoms with Gasteiger partial charge in [0.05, 0.1) is 0 Å². The van der Waals surface area contributed by atoms with Gasteiger partial charge in [0.1, 0.15) is 5.75 Å². The Hall–Kier alpha value is -3.42. The van der Waals surface area contributed by atoms with Crippen LogP contribution in [0.4, 0.5) is 13.2 Å². The Kier molecular flexibility index (Phi) is 5.35. The van der Waals surface area contributed by atoms with E-state index in [1.807, 2.05) is 30.3 Å². The molecule has 3 aromatic rings. The van der Waals surface area contributed by atoms with E-state index in [0.29, 0.717) is 12.1 Å². The van der Waals surface area contributed by atoms with Crippen LogP contribution in [0.5, 0.6) is 11.8 Å². The molecule has 0 spiro atoms. The van der Waals surface area contributed by atoms with Crippen molar-refractivity contribution in [2.45, 2.75) is 12.7 Å². The first-order chi connectivity index (χ1) is 12.9. The van der Waals surface area contributed by atoms with Crippen LogP contribution < -0.4 is 10.1 Å². The topological polar surface area (TPSA) is 64.1 Å². The number of nitrogens with one attached hydrogen (secondary N) is 1. The minimum atomic E-state index is -4.60. The maximum Gasteiger partial charge on any atom is 0.433 e. The molecule has 0 bridgehead atoms. The van der Waals surface area contributed by atoms with Gasteiger partial charge in [-0.1, -0.05) is 36.4 Å². The van der Waals surface area contributed by atoms with Gasteiger partial charge in [0, 0.05) is 18.3 Å². The third-order valence-corrected chi connectivity index (χ3v) is 3.53. The van der Waals surface area contributed by atoms with Crippen molar-refractivity contribution in [1.29, 1.82) is 0 Å². The van der Waals surface area contributed by atoms with Crippen LogP contribution in [0.15, 0.2) is 66.9 Å². The highest BCUT2D eigenvalue weighted by Gasteiger charge is 2.33. The summed E-state index contributed by atoms with van der Waals surface area (Å²) >= 11 is 0. The number of rotatable bonds is 5. The first-order valence-corrected chi connectivity index (χ1v) is 7.92. The molecule has 1 aromatic heterocycles. The average Bonchev–Trinajstić information content (AvgIpc) is 2.67. The Labute approximate surface area is 152 Å². The molecule has 138 valence electrons. The minimum Gasteiger partial charge on any atom is -0.424 e.